The number of nitrogen functional groups attached to an aromatic ring is 1. The van der Waals surface area contributed by atoms with Crippen LogP contribution in [0.3, 0.4) is 0 Å². The fourth-order valence-electron chi connectivity index (χ4n) is 1.84. The van der Waals surface area contributed by atoms with Gasteiger partial charge in [0.05, 0.1) is 11.2 Å². The number of hydrogen-bond acceptors (Lipinski definition) is 4. The highest BCUT2D eigenvalue weighted by Gasteiger charge is 2.20. The number of nitrogens with two attached hydrogens (primary N) is 1. The third-order valence-corrected chi connectivity index (χ3v) is 5.26. The van der Waals surface area contributed by atoms with E-state index in [0.717, 1.165) is 5.76 Å². The van der Waals surface area contributed by atoms with Crippen LogP contribution in [0.15, 0.2) is 50.4 Å². The Morgan fingerprint density at radius 2 is 2.15 bits per heavy atom. The summed E-state index contributed by atoms with van der Waals surface area (Å²) >= 11 is 3.22. The Bertz CT molecular complexity index is 684. The lowest BCUT2D eigenvalue weighted by atomic mass is 10.2. The Morgan fingerprint density at radius 3 is 2.75 bits per heavy atom. The second-order valence-corrected chi connectivity index (χ2v) is 7.03. The summed E-state index contributed by atoms with van der Waals surface area (Å²) in [5.74, 6) is 0.733. The van der Waals surface area contributed by atoms with Crippen LogP contribution in [-0.4, -0.2) is 14.5 Å². The van der Waals surface area contributed by atoms with E-state index in [1.807, 2.05) is 6.07 Å². The minimum atomic E-state index is -3.60. The summed E-state index contributed by atoms with van der Waals surface area (Å²) in [5.41, 5.74) is 6.10. The molecule has 1 heterocycles. The highest BCUT2D eigenvalue weighted by molar-refractivity contribution is 9.10. The number of nitrogens with one attached hydrogen (secondary N) is 1. The Hall–Kier alpha value is -1.31. The van der Waals surface area contributed by atoms with E-state index in [2.05, 4.69) is 20.7 Å². The quantitative estimate of drug-likeness (QED) is 0.804. The molecule has 0 aliphatic heterocycles. The number of furan rings is 1. The monoisotopic (exact) mass is 358 g/mol. The van der Waals surface area contributed by atoms with Crippen molar-refractivity contribution in [3.63, 3.8) is 0 Å². The van der Waals surface area contributed by atoms with Gasteiger partial charge in [0.25, 0.3) is 0 Å². The highest BCUT2D eigenvalue weighted by Crippen LogP contribution is 2.24. The molecule has 1 aromatic heterocycles. The number of rotatable bonds is 5. The van der Waals surface area contributed by atoms with Gasteiger partial charge in [-0.2, -0.15) is 0 Å². The van der Waals surface area contributed by atoms with Crippen molar-refractivity contribution in [3.05, 3.63) is 46.8 Å². The van der Waals surface area contributed by atoms with Gasteiger partial charge in [-0.3, -0.25) is 0 Å². The van der Waals surface area contributed by atoms with E-state index in [4.69, 9.17) is 10.2 Å². The number of anilines is 1. The molecular weight excluding hydrogens is 344 g/mol. The summed E-state index contributed by atoms with van der Waals surface area (Å²) in [6.07, 6.45) is 2.05. The summed E-state index contributed by atoms with van der Waals surface area (Å²) in [5, 5.41) is 0. The Morgan fingerprint density at radius 1 is 1.40 bits per heavy atom. The van der Waals surface area contributed by atoms with Crippen LogP contribution in [0, 0.1) is 0 Å². The smallest absolute Gasteiger partial charge is 0.241 e. The van der Waals surface area contributed by atoms with Gasteiger partial charge in [0.2, 0.25) is 10.0 Å². The molecule has 0 spiro atoms. The lowest BCUT2D eigenvalue weighted by molar-refractivity contribution is 0.479. The normalized spacial score (nSPS) is 13.3. The molecule has 0 bridgehead atoms. The van der Waals surface area contributed by atoms with Crippen LogP contribution in [0.1, 0.15) is 12.7 Å². The summed E-state index contributed by atoms with van der Waals surface area (Å²) in [6.45, 7) is 1.78. The molecule has 5 nitrogen and oxygen atoms in total. The molecule has 0 saturated carbocycles. The maximum absolute atomic E-state index is 12.3. The van der Waals surface area contributed by atoms with E-state index in [-0.39, 0.29) is 10.9 Å². The topological polar surface area (TPSA) is 85.3 Å². The van der Waals surface area contributed by atoms with E-state index in [9.17, 15) is 8.42 Å². The van der Waals surface area contributed by atoms with Gasteiger partial charge in [0.15, 0.2) is 0 Å². The van der Waals surface area contributed by atoms with Gasteiger partial charge in [-0.25, -0.2) is 13.1 Å². The molecule has 0 radical (unpaired) electrons. The Kier molecular flexibility index (Phi) is 4.52. The van der Waals surface area contributed by atoms with Crippen molar-refractivity contribution < 1.29 is 12.8 Å². The summed E-state index contributed by atoms with van der Waals surface area (Å²) in [6, 6.07) is 7.89. The molecule has 1 unspecified atom stereocenters. The number of halogens is 1. The molecule has 0 amide bonds. The second kappa shape index (κ2) is 5.99. The van der Waals surface area contributed by atoms with Crippen LogP contribution in [-0.2, 0) is 16.4 Å². The van der Waals surface area contributed by atoms with Crippen molar-refractivity contribution in [1.29, 1.82) is 0 Å². The predicted octanol–water partition coefficient (Wildman–Crippen LogP) is 2.53. The van der Waals surface area contributed by atoms with E-state index in [1.165, 1.54) is 6.07 Å². The number of sulfonamides is 1. The van der Waals surface area contributed by atoms with Gasteiger partial charge in [0, 0.05) is 22.6 Å². The minimum absolute atomic E-state index is 0.165. The summed E-state index contributed by atoms with van der Waals surface area (Å²) in [4.78, 5) is 0.165. The van der Waals surface area contributed by atoms with Gasteiger partial charge in [-0.05, 0) is 53.2 Å². The molecule has 0 saturated heterocycles. The average molecular weight is 359 g/mol. The van der Waals surface area contributed by atoms with E-state index < -0.39 is 10.0 Å². The van der Waals surface area contributed by atoms with Gasteiger partial charge in [-0.15, -0.1) is 0 Å². The van der Waals surface area contributed by atoms with Crippen LogP contribution in [0.2, 0.25) is 0 Å². The largest absolute Gasteiger partial charge is 0.469 e. The lowest BCUT2D eigenvalue weighted by Crippen LogP contribution is -2.34. The van der Waals surface area contributed by atoms with Gasteiger partial charge >= 0.3 is 0 Å². The van der Waals surface area contributed by atoms with Crippen molar-refractivity contribution in [1.82, 2.24) is 4.72 Å². The van der Waals surface area contributed by atoms with E-state index in [1.54, 1.807) is 31.4 Å². The zero-order valence-electron chi connectivity index (χ0n) is 10.8. The molecule has 20 heavy (non-hydrogen) atoms. The molecule has 0 fully saturated rings. The molecular formula is C13H15BrN2O3S. The van der Waals surface area contributed by atoms with Gasteiger partial charge in [0.1, 0.15) is 5.76 Å². The third-order valence-electron chi connectivity index (χ3n) is 2.69. The fraction of sp³-hybridized carbons (Fsp3) is 0.231. The predicted molar refractivity (Wildman–Crippen MR) is 80.7 cm³/mol. The number of benzene rings is 1. The number of hydrogen-bond donors (Lipinski definition) is 2. The maximum Gasteiger partial charge on any atom is 0.241 e. The molecule has 3 N–H and O–H groups in total. The molecule has 0 aliphatic carbocycles. The molecule has 108 valence electrons. The zero-order chi connectivity index (χ0) is 14.8. The maximum atomic E-state index is 12.3. The summed E-state index contributed by atoms with van der Waals surface area (Å²) < 4.78 is 32.8. The lowest BCUT2D eigenvalue weighted by Gasteiger charge is -2.14. The van der Waals surface area contributed by atoms with Crippen LogP contribution >= 0.6 is 15.9 Å². The van der Waals surface area contributed by atoms with Crippen molar-refractivity contribution in [3.8, 4) is 0 Å². The van der Waals surface area contributed by atoms with Crippen LogP contribution in [0.5, 0.6) is 0 Å². The van der Waals surface area contributed by atoms with Crippen molar-refractivity contribution in [2.24, 2.45) is 0 Å². The van der Waals surface area contributed by atoms with Crippen molar-refractivity contribution in [2.75, 3.05) is 5.73 Å². The SMILES string of the molecule is CC(Cc1ccco1)NS(=O)(=O)c1ccc(N)cc1Br. The molecule has 2 aromatic rings. The van der Waals surface area contributed by atoms with Crippen LogP contribution < -0.4 is 10.5 Å². The highest BCUT2D eigenvalue weighted by atomic mass is 79.9. The first-order valence-electron chi connectivity index (χ1n) is 5.98. The fourth-order valence-corrected chi connectivity index (χ4v) is 4.17. The third kappa shape index (κ3) is 3.62. The zero-order valence-corrected chi connectivity index (χ0v) is 13.2. The van der Waals surface area contributed by atoms with Gasteiger partial charge in [-0.1, -0.05) is 0 Å². The van der Waals surface area contributed by atoms with E-state index in [0.29, 0.717) is 16.6 Å². The molecule has 2 rings (SSSR count). The van der Waals surface area contributed by atoms with Crippen LogP contribution in [0.25, 0.3) is 0 Å². The van der Waals surface area contributed by atoms with Crippen molar-refractivity contribution >= 4 is 31.6 Å². The second-order valence-electron chi connectivity index (χ2n) is 4.50. The van der Waals surface area contributed by atoms with Crippen LogP contribution in [0.4, 0.5) is 5.69 Å². The van der Waals surface area contributed by atoms with Crippen molar-refractivity contribution in [2.45, 2.75) is 24.3 Å². The molecule has 7 heteroatoms. The standard InChI is InChI=1S/C13H15BrN2O3S/c1-9(7-11-3-2-6-19-11)16-20(17,18)13-5-4-10(15)8-12(13)14/h2-6,8-9,16H,7,15H2,1H3. The first kappa shape index (κ1) is 15.1. The molecule has 1 aromatic carbocycles. The minimum Gasteiger partial charge on any atom is -0.469 e. The average Bonchev–Trinajstić information content (AvgIpc) is 2.79. The molecule has 1 atom stereocenters. The Labute approximate surface area is 126 Å². The summed E-state index contributed by atoms with van der Waals surface area (Å²) in [7, 11) is -3.60. The van der Waals surface area contributed by atoms with E-state index >= 15 is 0 Å². The Balaban J connectivity index is 2.14. The molecule has 0 aliphatic rings. The first-order valence-corrected chi connectivity index (χ1v) is 8.26. The first-order chi connectivity index (χ1) is 9.38. The van der Waals surface area contributed by atoms with Gasteiger partial charge < -0.3 is 10.2 Å².